The van der Waals surface area contributed by atoms with Crippen LogP contribution < -0.4 is 4.74 Å². The van der Waals surface area contributed by atoms with Crippen molar-refractivity contribution in [1.29, 1.82) is 0 Å². The lowest BCUT2D eigenvalue weighted by atomic mass is 10.0. The quantitative estimate of drug-likeness (QED) is 0.671. The summed E-state index contributed by atoms with van der Waals surface area (Å²) in [5.41, 5.74) is 1.18. The number of rotatable bonds is 7. The summed E-state index contributed by atoms with van der Waals surface area (Å²) < 4.78 is 11.7. The highest BCUT2D eigenvalue weighted by molar-refractivity contribution is 9.10. The lowest BCUT2D eigenvalue weighted by Crippen LogP contribution is -2.38. The van der Waals surface area contributed by atoms with Crippen molar-refractivity contribution in [3.8, 4) is 5.75 Å². The second kappa shape index (κ2) is 8.73. The van der Waals surface area contributed by atoms with E-state index in [-0.39, 0.29) is 11.9 Å². The van der Waals surface area contributed by atoms with Gasteiger partial charge in [-0.1, -0.05) is 12.1 Å². The summed E-state index contributed by atoms with van der Waals surface area (Å²) in [6, 6.07) is 12.1. The van der Waals surface area contributed by atoms with Crippen LogP contribution in [-0.2, 0) is 11.3 Å². The van der Waals surface area contributed by atoms with Crippen LogP contribution in [0.1, 0.15) is 37.1 Å². The Balaban J connectivity index is 1.60. The van der Waals surface area contributed by atoms with Gasteiger partial charge in [-0.2, -0.15) is 0 Å². The predicted octanol–water partition coefficient (Wildman–Crippen LogP) is 4.24. The van der Waals surface area contributed by atoms with E-state index in [1.165, 1.54) is 5.56 Å². The zero-order valence-corrected chi connectivity index (χ0v) is 16.9. The molecule has 6 heteroatoms. The maximum atomic E-state index is 12.8. The van der Waals surface area contributed by atoms with Gasteiger partial charge in [0.2, 0.25) is 5.91 Å². The van der Waals surface area contributed by atoms with Crippen molar-refractivity contribution in [3.63, 3.8) is 0 Å². The second-order valence-electron chi connectivity index (χ2n) is 6.63. The molecule has 0 N–H and O–H groups in total. The van der Waals surface area contributed by atoms with E-state index in [4.69, 9.17) is 9.15 Å². The summed E-state index contributed by atoms with van der Waals surface area (Å²) in [7, 11) is 1.94. The zero-order valence-electron chi connectivity index (χ0n) is 15.3. The van der Waals surface area contributed by atoms with Crippen LogP contribution in [-0.4, -0.2) is 42.5 Å². The molecule has 0 saturated carbocycles. The third-order valence-corrected chi connectivity index (χ3v) is 5.04. The van der Waals surface area contributed by atoms with Crippen LogP contribution in [0.15, 0.2) is 45.5 Å². The van der Waals surface area contributed by atoms with E-state index in [9.17, 15) is 4.79 Å². The number of carbonyl (C=O) groups is 1. The van der Waals surface area contributed by atoms with Crippen molar-refractivity contribution in [2.75, 3.05) is 26.7 Å². The topological polar surface area (TPSA) is 45.9 Å². The van der Waals surface area contributed by atoms with Crippen LogP contribution in [0.2, 0.25) is 0 Å². The Morgan fingerprint density at radius 2 is 2.08 bits per heavy atom. The fourth-order valence-corrected chi connectivity index (χ4v) is 3.79. The second-order valence-corrected chi connectivity index (χ2v) is 7.41. The Bertz CT molecular complexity index is 729. The predicted molar refractivity (Wildman–Crippen MR) is 104 cm³/mol. The Morgan fingerprint density at radius 3 is 2.73 bits per heavy atom. The molecule has 1 aliphatic heterocycles. The molecule has 1 aromatic heterocycles. The van der Waals surface area contributed by atoms with Gasteiger partial charge in [0.25, 0.3) is 0 Å². The van der Waals surface area contributed by atoms with Gasteiger partial charge in [0.1, 0.15) is 11.5 Å². The lowest BCUT2D eigenvalue weighted by Gasteiger charge is -2.27. The molecule has 3 rings (SSSR count). The fourth-order valence-electron chi connectivity index (χ4n) is 3.45. The molecule has 26 heavy (non-hydrogen) atoms. The fraction of sp³-hybridized carbons (Fsp3) is 0.450. The van der Waals surface area contributed by atoms with Crippen LogP contribution in [0.25, 0.3) is 0 Å². The molecule has 1 aliphatic rings. The van der Waals surface area contributed by atoms with Crippen LogP contribution in [0.4, 0.5) is 0 Å². The molecular formula is C20H25BrN2O3. The molecule has 0 aliphatic carbocycles. The smallest absolute Gasteiger partial charge is 0.237 e. The molecule has 0 bridgehead atoms. The van der Waals surface area contributed by atoms with Gasteiger partial charge in [-0.15, -0.1) is 0 Å². The summed E-state index contributed by atoms with van der Waals surface area (Å²) >= 11 is 3.31. The van der Waals surface area contributed by atoms with Crippen molar-refractivity contribution in [2.24, 2.45) is 0 Å². The third kappa shape index (κ3) is 4.68. The number of ether oxygens (including phenoxy) is 1. The Kier molecular flexibility index (Phi) is 6.38. The number of likely N-dealkylation sites (N-methyl/N-ethyl adjacent to an activating group) is 1. The van der Waals surface area contributed by atoms with Crippen LogP contribution in [0.5, 0.6) is 5.75 Å². The molecule has 2 aromatic rings. The van der Waals surface area contributed by atoms with E-state index >= 15 is 0 Å². The van der Waals surface area contributed by atoms with Gasteiger partial charge in [0, 0.05) is 6.54 Å². The Labute approximate surface area is 163 Å². The van der Waals surface area contributed by atoms with Crippen molar-refractivity contribution in [2.45, 2.75) is 32.4 Å². The minimum Gasteiger partial charge on any atom is -0.494 e. The zero-order chi connectivity index (χ0) is 18.5. The van der Waals surface area contributed by atoms with E-state index in [1.807, 2.05) is 48.0 Å². The molecule has 1 amide bonds. The van der Waals surface area contributed by atoms with Gasteiger partial charge < -0.3 is 14.1 Å². The van der Waals surface area contributed by atoms with Gasteiger partial charge in [-0.25, -0.2) is 0 Å². The monoisotopic (exact) mass is 420 g/mol. The van der Waals surface area contributed by atoms with E-state index in [0.717, 1.165) is 30.9 Å². The first-order chi connectivity index (χ1) is 12.6. The van der Waals surface area contributed by atoms with Crippen LogP contribution >= 0.6 is 15.9 Å². The summed E-state index contributed by atoms with van der Waals surface area (Å²) in [4.78, 5) is 16.8. The van der Waals surface area contributed by atoms with E-state index in [2.05, 4.69) is 28.1 Å². The molecule has 5 nitrogen and oxygen atoms in total. The molecule has 1 aromatic carbocycles. The highest BCUT2D eigenvalue weighted by Crippen LogP contribution is 2.33. The normalized spacial score (nSPS) is 17.1. The Morgan fingerprint density at radius 1 is 1.31 bits per heavy atom. The molecule has 0 spiro atoms. The average Bonchev–Trinajstić information content (AvgIpc) is 3.25. The molecule has 1 saturated heterocycles. The number of carbonyl (C=O) groups excluding carboxylic acids is 1. The number of hydrogen-bond donors (Lipinski definition) is 0. The van der Waals surface area contributed by atoms with Gasteiger partial charge >= 0.3 is 0 Å². The van der Waals surface area contributed by atoms with Crippen molar-refractivity contribution < 1.29 is 13.9 Å². The van der Waals surface area contributed by atoms with Crippen LogP contribution in [0, 0.1) is 0 Å². The minimum absolute atomic E-state index is 0.157. The highest BCUT2D eigenvalue weighted by Gasteiger charge is 2.30. The standard InChI is InChI=1S/C20H25BrN2O3/c1-3-25-16-8-6-15(7-9-16)18-5-4-12-23(18)20(24)14-22(2)13-17-10-11-19(21)26-17/h6-11,18H,3-5,12-14H2,1-2H3. The molecule has 1 fully saturated rings. The molecule has 1 atom stereocenters. The van der Waals surface area contributed by atoms with Gasteiger partial charge in [-0.3, -0.25) is 9.69 Å². The maximum absolute atomic E-state index is 12.8. The number of amides is 1. The largest absolute Gasteiger partial charge is 0.494 e. The van der Waals surface area contributed by atoms with E-state index in [1.54, 1.807) is 0 Å². The molecule has 0 radical (unpaired) electrons. The van der Waals surface area contributed by atoms with Crippen molar-refractivity contribution in [3.05, 3.63) is 52.4 Å². The number of halogens is 1. The minimum atomic E-state index is 0.157. The first kappa shape index (κ1) is 19.0. The first-order valence-electron chi connectivity index (χ1n) is 9.02. The molecule has 1 unspecified atom stereocenters. The maximum Gasteiger partial charge on any atom is 0.237 e. The van der Waals surface area contributed by atoms with E-state index in [0.29, 0.717) is 24.4 Å². The van der Waals surface area contributed by atoms with Crippen LogP contribution in [0.3, 0.4) is 0 Å². The molecule has 2 heterocycles. The summed E-state index contributed by atoms with van der Waals surface area (Å²) in [5, 5.41) is 0. The number of hydrogen-bond acceptors (Lipinski definition) is 4. The lowest BCUT2D eigenvalue weighted by molar-refractivity contribution is -0.133. The highest BCUT2D eigenvalue weighted by atomic mass is 79.9. The first-order valence-corrected chi connectivity index (χ1v) is 9.81. The number of likely N-dealkylation sites (tertiary alicyclic amines) is 1. The average molecular weight is 421 g/mol. The van der Waals surface area contributed by atoms with Gasteiger partial charge in [0.15, 0.2) is 4.67 Å². The number of furan rings is 1. The van der Waals surface area contributed by atoms with Crippen molar-refractivity contribution in [1.82, 2.24) is 9.80 Å². The number of benzene rings is 1. The summed E-state index contributed by atoms with van der Waals surface area (Å²) in [6.45, 7) is 4.44. The molecular weight excluding hydrogens is 396 g/mol. The molecule has 140 valence electrons. The van der Waals surface area contributed by atoms with E-state index < -0.39 is 0 Å². The summed E-state index contributed by atoms with van der Waals surface area (Å²) in [5.74, 6) is 1.88. The SMILES string of the molecule is CCOc1ccc(C2CCCN2C(=O)CN(C)Cc2ccc(Br)o2)cc1. The Hall–Kier alpha value is -1.79. The van der Waals surface area contributed by atoms with Gasteiger partial charge in [-0.05, 0) is 72.6 Å². The van der Waals surface area contributed by atoms with Crippen molar-refractivity contribution >= 4 is 21.8 Å². The summed E-state index contributed by atoms with van der Waals surface area (Å²) in [6.07, 6.45) is 2.05. The number of nitrogens with zero attached hydrogens (tertiary/aromatic N) is 2. The van der Waals surface area contributed by atoms with Gasteiger partial charge in [0.05, 0.1) is 25.7 Å². The third-order valence-electron chi connectivity index (χ3n) is 4.61.